The number of nitrogens with zero attached hydrogens (tertiary/aromatic N) is 2. The molecule has 2 aromatic rings. The number of benzene rings is 1. The maximum atomic E-state index is 11.7. The van der Waals surface area contributed by atoms with E-state index in [9.17, 15) is 9.59 Å². The smallest absolute Gasteiger partial charge is 0.338 e. The Kier molecular flexibility index (Phi) is 5.33. The van der Waals surface area contributed by atoms with Crippen LogP contribution in [-0.2, 0) is 9.53 Å². The van der Waals surface area contributed by atoms with E-state index in [0.29, 0.717) is 23.0 Å². The highest BCUT2D eigenvalue weighted by atomic mass is 32.2. The summed E-state index contributed by atoms with van der Waals surface area (Å²) in [5, 5.41) is 9.67. The maximum absolute atomic E-state index is 11.7. The minimum absolute atomic E-state index is 0.166. The first-order valence-corrected chi connectivity index (χ1v) is 7.23. The van der Waals surface area contributed by atoms with Crippen LogP contribution in [0.25, 0.3) is 0 Å². The van der Waals surface area contributed by atoms with Gasteiger partial charge in [-0.25, -0.2) is 9.78 Å². The molecule has 2 N–H and O–H groups in total. The highest BCUT2D eigenvalue weighted by Crippen LogP contribution is 2.13. The van der Waals surface area contributed by atoms with Gasteiger partial charge in [0, 0.05) is 5.69 Å². The van der Waals surface area contributed by atoms with Crippen LogP contribution in [0, 0.1) is 0 Å². The van der Waals surface area contributed by atoms with Gasteiger partial charge in [-0.15, -0.1) is 0 Å². The molecular weight excluding hydrogens is 292 g/mol. The standard InChI is InChI=1S/C13H14N4O3S/c1-2-20-12(19)9-3-5-10(6-4-9)16-11(18)7-21-13-14-8-15-17-13/h3-6,8H,2,7H2,1H3,(H,16,18)(H,14,15,17). The van der Waals surface area contributed by atoms with Crippen LogP contribution in [0.3, 0.4) is 0 Å². The fraction of sp³-hybridized carbons (Fsp3) is 0.231. The predicted molar refractivity (Wildman–Crippen MR) is 78.1 cm³/mol. The molecule has 0 radical (unpaired) electrons. The van der Waals surface area contributed by atoms with Gasteiger partial charge in [-0.1, -0.05) is 11.8 Å². The Hall–Kier alpha value is -2.35. The first kappa shape index (κ1) is 15.0. The van der Waals surface area contributed by atoms with Crippen molar-refractivity contribution in [2.75, 3.05) is 17.7 Å². The number of esters is 1. The van der Waals surface area contributed by atoms with Gasteiger partial charge in [-0.05, 0) is 31.2 Å². The predicted octanol–water partition coefficient (Wildman–Crippen LogP) is 1.71. The van der Waals surface area contributed by atoms with Crippen molar-refractivity contribution in [1.82, 2.24) is 15.2 Å². The first-order valence-electron chi connectivity index (χ1n) is 6.24. The largest absolute Gasteiger partial charge is 0.462 e. The van der Waals surface area contributed by atoms with Gasteiger partial charge in [0.1, 0.15) is 6.33 Å². The van der Waals surface area contributed by atoms with E-state index in [2.05, 4.69) is 20.5 Å². The van der Waals surface area contributed by atoms with E-state index in [-0.39, 0.29) is 17.6 Å². The average molecular weight is 306 g/mol. The molecule has 0 saturated heterocycles. The Morgan fingerprint density at radius 3 is 2.71 bits per heavy atom. The lowest BCUT2D eigenvalue weighted by Gasteiger charge is -2.06. The molecule has 1 heterocycles. The SMILES string of the molecule is CCOC(=O)c1ccc(NC(=O)CSc2ncn[nH]2)cc1. The Morgan fingerprint density at radius 2 is 2.10 bits per heavy atom. The summed E-state index contributed by atoms with van der Waals surface area (Å²) in [4.78, 5) is 27.1. The molecule has 1 aromatic heterocycles. The van der Waals surface area contributed by atoms with Crippen molar-refractivity contribution in [2.45, 2.75) is 12.1 Å². The average Bonchev–Trinajstić information content (AvgIpc) is 2.99. The number of carbonyl (C=O) groups excluding carboxylic acids is 2. The molecule has 0 aliphatic carbocycles. The zero-order valence-electron chi connectivity index (χ0n) is 11.3. The number of H-pyrrole nitrogens is 1. The fourth-order valence-corrected chi connectivity index (χ4v) is 2.08. The zero-order valence-corrected chi connectivity index (χ0v) is 12.1. The first-order chi connectivity index (χ1) is 10.2. The van der Waals surface area contributed by atoms with E-state index in [1.165, 1.54) is 18.1 Å². The zero-order chi connectivity index (χ0) is 15.1. The fourth-order valence-electron chi connectivity index (χ4n) is 1.50. The number of aromatic amines is 1. The van der Waals surface area contributed by atoms with Crippen LogP contribution in [0.5, 0.6) is 0 Å². The Morgan fingerprint density at radius 1 is 1.33 bits per heavy atom. The van der Waals surface area contributed by atoms with Crippen molar-refractivity contribution in [1.29, 1.82) is 0 Å². The van der Waals surface area contributed by atoms with Gasteiger partial charge < -0.3 is 10.1 Å². The molecule has 0 saturated carbocycles. The molecule has 1 amide bonds. The molecule has 0 aliphatic rings. The van der Waals surface area contributed by atoms with E-state index in [4.69, 9.17) is 4.74 Å². The van der Waals surface area contributed by atoms with E-state index in [1.807, 2.05) is 0 Å². The second-order valence-electron chi connectivity index (χ2n) is 3.93. The monoisotopic (exact) mass is 306 g/mol. The molecule has 2 rings (SSSR count). The molecule has 0 aliphatic heterocycles. The second kappa shape index (κ2) is 7.44. The highest BCUT2D eigenvalue weighted by Gasteiger charge is 2.08. The van der Waals surface area contributed by atoms with Gasteiger partial charge in [0.2, 0.25) is 5.91 Å². The van der Waals surface area contributed by atoms with Gasteiger partial charge >= 0.3 is 5.97 Å². The van der Waals surface area contributed by atoms with Crippen molar-refractivity contribution in [2.24, 2.45) is 0 Å². The molecule has 110 valence electrons. The topological polar surface area (TPSA) is 97.0 Å². The number of carbonyl (C=O) groups is 2. The number of nitrogens with one attached hydrogen (secondary N) is 2. The van der Waals surface area contributed by atoms with E-state index >= 15 is 0 Å². The van der Waals surface area contributed by atoms with Crippen LogP contribution < -0.4 is 5.32 Å². The summed E-state index contributed by atoms with van der Waals surface area (Å²) in [5.74, 6) is -0.328. The lowest BCUT2D eigenvalue weighted by Crippen LogP contribution is -2.14. The van der Waals surface area contributed by atoms with Gasteiger partial charge in [0.25, 0.3) is 0 Å². The molecular formula is C13H14N4O3S. The lowest BCUT2D eigenvalue weighted by molar-refractivity contribution is -0.113. The molecule has 0 atom stereocenters. The van der Waals surface area contributed by atoms with Crippen molar-refractivity contribution in [3.63, 3.8) is 0 Å². The van der Waals surface area contributed by atoms with Crippen LogP contribution >= 0.6 is 11.8 Å². The summed E-state index contributed by atoms with van der Waals surface area (Å²) in [6.45, 7) is 2.08. The number of aromatic nitrogens is 3. The van der Waals surface area contributed by atoms with E-state index in [0.717, 1.165) is 0 Å². The number of hydrogen-bond donors (Lipinski definition) is 2. The van der Waals surface area contributed by atoms with Gasteiger partial charge in [-0.3, -0.25) is 9.89 Å². The molecule has 8 heteroatoms. The number of rotatable bonds is 6. The number of amides is 1. The third-order valence-electron chi connectivity index (χ3n) is 2.41. The van der Waals surface area contributed by atoms with Crippen molar-refractivity contribution in [3.05, 3.63) is 36.2 Å². The third-order valence-corrected chi connectivity index (χ3v) is 3.29. The molecule has 0 spiro atoms. The summed E-state index contributed by atoms with van der Waals surface area (Å²) >= 11 is 1.25. The Labute approximate surface area is 125 Å². The Bertz CT molecular complexity index is 598. The molecule has 1 aromatic carbocycles. The molecule has 0 bridgehead atoms. The van der Waals surface area contributed by atoms with Crippen LogP contribution in [0.2, 0.25) is 0 Å². The minimum atomic E-state index is -0.378. The summed E-state index contributed by atoms with van der Waals surface area (Å²) in [7, 11) is 0. The van der Waals surface area contributed by atoms with Crippen molar-refractivity contribution >= 4 is 29.3 Å². The second-order valence-corrected chi connectivity index (χ2v) is 4.89. The van der Waals surface area contributed by atoms with E-state index < -0.39 is 0 Å². The maximum Gasteiger partial charge on any atom is 0.338 e. The molecule has 7 nitrogen and oxygen atoms in total. The van der Waals surface area contributed by atoms with Crippen LogP contribution in [-0.4, -0.2) is 39.4 Å². The van der Waals surface area contributed by atoms with Gasteiger partial charge in [0.05, 0.1) is 17.9 Å². The van der Waals surface area contributed by atoms with Crippen LogP contribution in [0.15, 0.2) is 35.7 Å². The highest BCUT2D eigenvalue weighted by molar-refractivity contribution is 7.99. The van der Waals surface area contributed by atoms with Crippen molar-refractivity contribution < 1.29 is 14.3 Å². The number of thioether (sulfide) groups is 1. The van der Waals surface area contributed by atoms with E-state index in [1.54, 1.807) is 31.2 Å². The third kappa shape index (κ3) is 4.60. The summed E-state index contributed by atoms with van der Waals surface area (Å²) in [6.07, 6.45) is 1.38. The lowest BCUT2D eigenvalue weighted by atomic mass is 10.2. The normalized spacial score (nSPS) is 10.1. The van der Waals surface area contributed by atoms with Gasteiger partial charge in [0.15, 0.2) is 5.16 Å². The number of anilines is 1. The minimum Gasteiger partial charge on any atom is -0.462 e. The number of ether oxygens (including phenoxy) is 1. The Balaban J connectivity index is 1.85. The molecule has 0 unspecified atom stereocenters. The molecule has 0 fully saturated rings. The molecule has 21 heavy (non-hydrogen) atoms. The van der Waals surface area contributed by atoms with Gasteiger partial charge in [-0.2, -0.15) is 5.10 Å². The van der Waals surface area contributed by atoms with Crippen LogP contribution in [0.1, 0.15) is 17.3 Å². The van der Waals surface area contributed by atoms with Crippen LogP contribution in [0.4, 0.5) is 5.69 Å². The quantitative estimate of drug-likeness (QED) is 0.623. The summed E-state index contributed by atoms with van der Waals surface area (Å²) < 4.78 is 4.88. The number of hydrogen-bond acceptors (Lipinski definition) is 6. The summed E-state index contributed by atoms with van der Waals surface area (Å²) in [5.41, 5.74) is 1.07. The van der Waals surface area contributed by atoms with Crippen molar-refractivity contribution in [3.8, 4) is 0 Å². The summed E-state index contributed by atoms with van der Waals surface area (Å²) in [6, 6.07) is 6.53.